The highest BCUT2D eigenvalue weighted by molar-refractivity contribution is 6.27. The van der Waals surface area contributed by atoms with Crippen molar-refractivity contribution in [2.75, 3.05) is 0 Å². The zero-order valence-corrected chi connectivity index (χ0v) is 29.8. The largest absolute Gasteiger partial charge is 0.456 e. The van der Waals surface area contributed by atoms with Gasteiger partial charge >= 0.3 is 0 Å². The second-order valence-electron chi connectivity index (χ2n) is 14.2. The molecule has 0 aliphatic heterocycles. The number of hydrogen-bond donors (Lipinski definition) is 0. The van der Waals surface area contributed by atoms with Crippen LogP contribution in [0.3, 0.4) is 0 Å². The van der Waals surface area contributed by atoms with Crippen molar-refractivity contribution in [1.29, 1.82) is 0 Å². The first-order chi connectivity index (χ1) is 26.3. The van der Waals surface area contributed by atoms with Gasteiger partial charge in [0.25, 0.3) is 0 Å². The van der Waals surface area contributed by atoms with Crippen LogP contribution in [-0.4, -0.2) is 0 Å². The summed E-state index contributed by atoms with van der Waals surface area (Å²) < 4.78 is 6.68. The van der Waals surface area contributed by atoms with Gasteiger partial charge in [-0.25, -0.2) is 0 Å². The number of unbranched alkanes of at least 4 members (excludes halogenated alkanes) is 1. The summed E-state index contributed by atoms with van der Waals surface area (Å²) in [4.78, 5) is 0. The lowest BCUT2D eigenvalue weighted by molar-refractivity contribution is 0.658. The van der Waals surface area contributed by atoms with E-state index in [4.69, 9.17) is 4.42 Å². The summed E-state index contributed by atoms with van der Waals surface area (Å²) in [5.41, 5.74) is 13.1. The number of aryl methyl sites for hydroxylation is 1. The molecule has 0 radical (unpaired) electrons. The van der Waals surface area contributed by atoms with Crippen LogP contribution in [0.4, 0.5) is 0 Å². The number of fused-ring (bicyclic) bond motifs is 6. The van der Waals surface area contributed by atoms with Crippen molar-refractivity contribution in [2.45, 2.75) is 26.2 Å². The third-order valence-electron chi connectivity index (χ3n) is 11.1. The molecule has 10 rings (SSSR count). The van der Waals surface area contributed by atoms with E-state index < -0.39 is 0 Å². The molecular weight excluding hydrogens is 641 g/mol. The number of rotatable bonds is 7. The monoisotopic (exact) mass is 678 g/mol. The number of benzene rings is 9. The fourth-order valence-corrected chi connectivity index (χ4v) is 8.58. The minimum atomic E-state index is 0.942. The van der Waals surface area contributed by atoms with E-state index >= 15 is 0 Å². The molecule has 0 spiro atoms. The van der Waals surface area contributed by atoms with Gasteiger partial charge in [-0.05, 0) is 113 Å². The molecule has 10 aromatic rings. The Labute approximate surface area is 309 Å². The van der Waals surface area contributed by atoms with Gasteiger partial charge in [-0.1, -0.05) is 171 Å². The lowest BCUT2D eigenvalue weighted by Crippen LogP contribution is -1.92. The van der Waals surface area contributed by atoms with Crippen molar-refractivity contribution in [3.63, 3.8) is 0 Å². The normalized spacial score (nSPS) is 11.7. The standard InChI is InChI=1S/C52H38O/c1-2-3-15-35-18-12-28-47-51-46(27-14-29-48(51)53-52(35)47)50-44-24-9-7-22-42(44)49(43-23-8-10-25-45(43)50)41-26-13-21-39-33-38(30-31-40(39)41)37-20-11-19-36(32-37)34-16-5-4-6-17-34/h4-14,16-33H,2-3,15H2,1H3. The van der Waals surface area contributed by atoms with Crippen molar-refractivity contribution in [1.82, 2.24) is 0 Å². The van der Waals surface area contributed by atoms with Crippen molar-refractivity contribution in [3.8, 4) is 44.5 Å². The Morgan fingerprint density at radius 2 is 0.981 bits per heavy atom. The quantitative estimate of drug-likeness (QED) is 0.153. The molecule has 0 unspecified atom stereocenters. The molecule has 0 aliphatic rings. The first-order valence-corrected chi connectivity index (χ1v) is 18.8. The van der Waals surface area contributed by atoms with Crippen molar-refractivity contribution in [2.24, 2.45) is 0 Å². The summed E-state index contributed by atoms with van der Waals surface area (Å²) in [6.07, 6.45) is 3.33. The molecule has 1 heterocycles. The number of hydrogen-bond acceptors (Lipinski definition) is 1. The lowest BCUT2D eigenvalue weighted by atomic mass is 9.83. The van der Waals surface area contributed by atoms with Gasteiger partial charge in [0, 0.05) is 10.8 Å². The molecule has 9 aromatic carbocycles. The molecule has 0 amide bonds. The molecule has 0 atom stereocenters. The minimum Gasteiger partial charge on any atom is -0.456 e. The van der Waals surface area contributed by atoms with Gasteiger partial charge in [0.2, 0.25) is 0 Å². The van der Waals surface area contributed by atoms with E-state index in [2.05, 4.69) is 183 Å². The van der Waals surface area contributed by atoms with Crippen LogP contribution in [-0.2, 0) is 6.42 Å². The Morgan fingerprint density at radius 3 is 1.72 bits per heavy atom. The maximum atomic E-state index is 6.68. The van der Waals surface area contributed by atoms with Gasteiger partial charge in [0.1, 0.15) is 11.2 Å². The summed E-state index contributed by atoms with van der Waals surface area (Å²) in [6, 6.07) is 64.4. The molecule has 0 bridgehead atoms. The Balaban J connectivity index is 1.19. The predicted molar refractivity (Wildman–Crippen MR) is 227 cm³/mol. The van der Waals surface area contributed by atoms with Crippen molar-refractivity contribution in [3.05, 3.63) is 181 Å². The number of furan rings is 1. The van der Waals surface area contributed by atoms with Gasteiger partial charge in [0.05, 0.1) is 0 Å². The Kier molecular flexibility index (Phi) is 7.65. The van der Waals surface area contributed by atoms with Gasteiger partial charge < -0.3 is 4.42 Å². The van der Waals surface area contributed by atoms with Gasteiger partial charge in [-0.2, -0.15) is 0 Å². The van der Waals surface area contributed by atoms with Crippen molar-refractivity contribution < 1.29 is 4.42 Å². The van der Waals surface area contributed by atoms with Crippen LogP contribution in [0.25, 0.3) is 98.8 Å². The van der Waals surface area contributed by atoms with Crippen molar-refractivity contribution >= 4 is 54.3 Å². The molecule has 1 heteroatoms. The minimum absolute atomic E-state index is 0.942. The van der Waals surface area contributed by atoms with Crippen LogP contribution < -0.4 is 0 Å². The molecule has 252 valence electrons. The van der Waals surface area contributed by atoms with Gasteiger partial charge in [0.15, 0.2) is 0 Å². The van der Waals surface area contributed by atoms with Crippen LogP contribution in [0.5, 0.6) is 0 Å². The Bertz CT molecular complexity index is 2920. The fourth-order valence-electron chi connectivity index (χ4n) is 8.58. The Hall–Kier alpha value is -6.44. The molecule has 0 aliphatic carbocycles. The first-order valence-electron chi connectivity index (χ1n) is 18.8. The number of para-hydroxylation sites is 1. The highest BCUT2D eigenvalue weighted by Crippen LogP contribution is 2.48. The topological polar surface area (TPSA) is 13.1 Å². The molecule has 1 aromatic heterocycles. The van der Waals surface area contributed by atoms with E-state index in [0.717, 1.165) is 30.4 Å². The zero-order valence-electron chi connectivity index (χ0n) is 29.8. The smallest absolute Gasteiger partial charge is 0.138 e. The maximum absolute atomic E-state index is 6.68. The highest BCUT2D eigenvalue weighted by atomic mass is 16.3. The third-order valence-corrected chi connectivity index (χ3v) is 11.1. The average molecular weight is 679 g/mol. The average Bonchev–Trinajstić information content (AvgIpc) is 3.62. The lowest BCUT2D eigenvalue weighted by Gasteiger charge is -2.19. The molecule has 1 nitrogen and oxygen atoms in total. The maximum Gasteiger partial charge on any atom is 0.138 e. The van der Waals surface area contributed by atoms with E-state index in [1.54, 1.807) is 0 Å². The van der Waals surface area contributed by atoms with E-state index in [0.29, 0.717) is 0 Å². The van der Waals surface area contributed by atoms with E-state index in [1.807, 2.05) is 0 Å². The van der Waals surface area contributed by atoms with Gasteiger partial charge in [-0.15, -0.1) is 0 Å². The third kappa shape index (κ3) is 5.23. The molecule has 53 heavy (non-hydrogen) atoms. The van der Waals surface area contributed by atoms with Crippen LogP contribution in [0.1, 0.15) is 25.3 Å². The molecule has 0 saturated carbocycles. The molecular formula is C52H38O. The highest BCUT2D eigenvalue weighted by Gasteiger charge is 2.21. The Morgan fingerprint density at radius 1 is 0.415 bits per heavy atom. The summed E-state index contributed by atoms with van der Waals surface area (Å²) in [5.74, 6) is 0. The molecule has 0 fully saturated rings. The predicted octanol–water partition coefficient (Wildman–Crippen LogP) is 15.1. The summed E-state index contributed by atoms with van der Waals surface area (Å²) in [5, 5.41) is 9.87. The van der Waals surface area contributed by atoms with Crippen LogP contribution in [0.2, 0.25) is 0 Å². The SMILES string of the molecule is CCCCc1cccc2c1oc1cccc(-c3c4ccccc4c(-c4cccc5cc(-c6cccc(-c7ccccc7)c6)ccc45)c4ccccc34)c12. The van der Waals surface area contributed by atoms with E-state index in [9.17, 15) is 0 Å². The summed E-state index contributed by atoms with van der Waals surface area (Å²) in [7, 11) is 0. The summed E-state index contributed by atoms with van der Waals surface area (Å²) >= 11 is 0. The fraction of sp³-hybridized carbons (Fsp3) is 0.0769. The summed E-state index contributed by atoms with van der Waals surface area (Å²) in [6.45, 7) is 2.25. The molecule has 0 N–H and O–H groups in total. The first kappa shape index (κ1) is 31.3. The van der Waals surface area contributed by atoms with Crippen LogP contribution >= 0.6 is 0 Å². The zero-order chi connectivity index (χ0) is 35.3. The second-order valence-corrected chi connectivity index (χ2v) is 14.2. The van der Waals surface area contributed by atoms with E-state index in [-0.39, 0.29) is 0 Å². The molecule has 0 saturated heterocycles. The van der Waals surface area contributed by atoms with Gasteiger partial charge in [-0.3, -0.25) is 0 Å². The second kappa shape index (κ2) is 13.0. The van der Waals surface area contributed by atoms with E-state index in [1.165, 1.54) is 93.2 Å². The van der Waals surface area contributed by atoms with Crippen LogP contribution in [0.15, 0.2) is 180 Å². The van der Waals surface area contributed by atoms with Crippen LogP contribution in [0, 0.1) is 0 Å².